The highest BCUT2D eigenvalue weighted by Gasteiger charge is 2.33. The highest BCUT2D eigenvalue weighted by molar-refractivity contribution is 14.1. The van der Waals surface area contributed by atoms with Gasteiger partial charge < -0.3 is 19.5 Å². The second kappa shape index (κ2) is 9.50. The summed E-state index contributed by atoms with van der Waals surface area (Å²) in [6.07, 6.45) is -0.769. The molecule has 5 nitrogen and oxygen atoms in total. The summed E-state index contributed by atoms with van der Waals surface area (Å²) in [4.78, 5) is 14.4. The van der Waals surface area contributed by atoms with Gasteiger partial charge in [0.05, 0.1) is 9.61 Å². The lowest BCUT2D eigenvalue weighted by atomic mass is 9.93. The van der Waals surface area contributed by atoms with Crippen LogP contribution in [0.25, 0.3) is 0 Å². The maximum atomic E-state index is 14.1. The Morgan fingerprint density at radius 3 is 2.71 bits per heavy atom. The van der Waals surface area contributed by atoms with Crippen LogP contribution in [-0.2, 0) is 11.2 Å². The highest BCUT2D eigenvalue weighted by atomic mass is 127. The molecule has 0 aliphatic carbocycles. The van der Waals surface area contributed by atoms with Crippen LogP contribution in [0, 0.1) is 9.39 Å². The van der Waals surface area contributed by atoms with E-state index >= 15 is 0 Å². The summed E-state index contributed by atoms with van der Waals surface area (Å²) < 4.78 is 26.3. The minimum atomic E-state index is -1.14. The van der Waals surface area contributed by atoms with E-state index in [1.54, 1.807) is 4.90 Å². The van der Waals surface area contributed by atoms with Gasteiger partial charge in [-0.15, -0.1) is 0 Å². The van der Waals surface area contributed by atoms with E-state index in [2.05, 4.69) is 22.6 Å². The molecule has 0 spiro atoms. The maximum Gasteiger partial charge on any atom is 0.410 e. The van der Waals surface area contributed by atoms with Gasteiger partial charge in [-0.3, -0.25) is 0 Å². The van der Waals surface area contributed by atoms with Gasteiger partial charge in [-0.25, -0.2) is 9.18 Å². The van der Waals surface area contributed by atoms with Crippen molar-refractivity contribution in [2.45, 2.75) is 51.9 Å². The van der Waals surface area contributed by atoms with Crippen LogP contribution in [0.2, 0.25) is 5.02 Å². The van der Waals surface area contributed by atoms with Crippen molar-refractivity contribution < 1.29 is 23.8 Å². The van der Waals surface area contributed by atoms with E-state index < -0.39 is 17.5 Å². The molecule has 2 aromatic carbocycles. The van der Waals surface area contributed by atoms with Crippen LogP contribution in [0.15, 0.2) is 30.3 Å². The minimum absolute atomic E-state index is 0.114. The number of fused-ring (bicyclic) bond motifs is 1. The monoisotopic (exact) mass is 561 g/mol. The lowest BCUT2D eigenvalue weighted by molar-refractivity contribution is 0.0158. The summed E-state index contributed by atoms with van der Waals surface area (Å²) in [6, 6.07) is 7.78. The summed E-state index contributed by atoms with van der Waals surface area (Å²) >= 11 is 7.97. The van der Waals surface area contributed by atoms with Crippen LogP contribution >= 0.6 is 34.2 Å². The third kappa shape index (κ3) is 5.62. The summed E-state index contributed by atoms with van der Waals surface area (Å²) in [7, 11) is 0. The predicted molar refractivity (Wildman–Crippen MR) is 126 cm³/mol. The molecule has 2 unspecified atom stereocenters. The number of carbonyl (C=O) groups excluding carboxylic acids is 1. The van der Waals surface area contributed by atoms with Gasteiger partial charge in [0.25, 0.3) is 0 Å². The molecule has 168 valence electrons. The predicted octanol–water partition coefficient (Wildman–Crippen LogP) is 6.05. The van der Waals surface area contributed by atoms with Gasteiger partial charge in [0.1, 0.15) is 29.9 Å². The zero-order valence-electron chi connectivity index (χ0n) is 17.9. The standard InChI is InChI=1S/C23H26ClFINO4/c1-13-20-14(9-10-27(13)22(29)31-23(2,3)4)5-8-19(21(20)26)30-12-18(28)16-7-6-15(24)11-17(16)25/h5-8,11,13,18,28H,9-10,12H2,1-4H3. The number of halogens is 3. The Morgan fingerprint density at radius 2 is 2.06 bits per heavy atom. The van der Waals surface area contributed by atoms with E-state index in [0.717, 1.165) is 20.8 Å². The van der Waals surface area contributed by atoms with E-state index in [9.17, 15) is 14.3 Å². The molecule has 2 aromatic rings. The number of benzene rings is 2. The first kappa shape index (κ1) is 24.1. The number of amides is 1. The fourth-order valence-corrected chi connectivity index (χ4v) is 4.88. The number of rotatable bonds is 4. The average Bonchev–Trinajstić information content (AvgIpc) is 2.65. The molecule has 0 bridgehead atoms. The zero-order valence-corrected chi connectivity index (χ0v) is 20.8. The van der Waals surface area contributed by atoms with Crippen molar-refractivity contribution in [3.05, 3.63) is 61.4 Å². The first-order valence-electron chi connectivity index (χ1n) is 10.0. The second-order valence-electron chi connectivity index (χ2n) is 8.54. The normalized spacial score (nSPS) is 17.2. The molecule has 0 saturated heterocycles. The number of aliphatic hydroxyl groups excluding tert-OH is 1. The lowest BCUT2D eigenvalue weighted by Gasteiger charge is -2.37. The first-order chi connectivity index (χ1) is 14.5. The van der Waals surface area contributed by atoms with Crippen molar-refractivity contribution in [3.63, 3.8) is 0 Å². The minimum Gasteiger partial charge on any atom is -0.489 e. The molecule has 0 aromatic heterocycles. The van der Waals surface area contributed by atoms with Gasteiger partial charge in [-0.2, -0.15) is 0 Å². The fourth-order valence-electron chi connectivity index (χ4n) is 3.58. The zero-order chi connectivity index (χ0) is 22.9. The van der Waals surface area contributed by atoms with E-state index in [0.29, 0.717) is 18.7 Å². The smallest absolute Gasteiger partial charge is 0.410 e. The van der Waals surface area contributed by atoms with Crippen LogP contribution < -0.4 is 4.74 Å². The first-order valence-corrected chi connectivity index (χ1v) is 11.5. The van der Waals surface area contributed by atoms with Gasteiger partial charge in [0.15, 0.2) is 0 Å². The molecule has 3 rings (SSSR count). The number of hydrogen-bond donors (Lipinski definition) is 1. The Hall–Kier alpha value is -1.58. The molecule has 1 N–H and O–H groups in total. The van der Waals surface area contributed by atoms with Crippen molar-refractivity contribution in [1.29, 1.82) is 0 Å². The average molecular weight is 562 g/mol. The number of ether oxygens (including phenoxy) is 2. The molecule has 1 heterocycles. The summed E-state index contributed by atoms with van der Waals surface area (Å²) in [6.45, 7) is 7.96. The van der Waals surface area contributed by atoms with Crippen molar-refractivity contribution in [2.75, 3.05) is 13.2 Å². The van der Waals surface area contributed by atoms with Crippen LogP contribution in [0.1, 0.15) is 56.5 Å². The van der Waals surface area contributed by atoms with Gasteiger partial charge >= 0.3 is 6.09 Å². The highest BCUT2D eigenvalue weighted by Crippen LogP contribution is 2.38. The van der Waals surface area contributed by atoms with Crippen LogP contribution in [0.3, 0.4) is 0 Å². The van der Waals surface area contributed by atoms with Gasteiger partial charge in [0, 0.05) is 17.1 Å². The van der Waals surface area contributed by atoms with E-state index in [1.165, 1.54) is 12.1 Å². The lowest BCUT2D eigenvalue weighted by Crippen LogP contribution is -2.42. The quantitative estimate of drug-likeness (QED) is 0.462. The fraction of sp³-hybridized carbons (Fsp3) is 0.435. The second-order valence-corrected chi connectivity index (χ2v) is 10.1. The molecule has 1 aliphatic rings. The molecule has 8 heteroatoms. The molecule has 2 atom stereocenters. The third-order valence-corrected chi connectivity index (χ3v) is 6.44. The Balaban J connectivity index is 1.77. The molecule has 1 aliphatic heterocycles. The topological polar surface area (TPSA) is 59.0 Å². The molecule has 0 radical (unpaired) electrons. The third-order valence-electron chi connectivity index (χ3n) is 5.09. The van der Waals surface area contributed by atoms with Crippen LogP contribution in [-0.4, -0.2) is 34.9 Å². The summed E-state index contributed by atoms with van der Waals surface area (Å²) in [5, 5.41) is 10.6. The van der Waals surface area contributed by atoms with E-state index in [-0.39, 0.29) is 29.3 Å². The molecular formula is C23H26ClFINO4. The van der Waals surface area contributed by atoms with Crippen molar-refractivity contribution in [3.8, 4) is 5.75 Å². The number of nitrogens with zero attached hydrogens (tertiary/aromatic N) is 1. The summed E-state index contributed by atoms with van der Waals surface area (Å²) in [5.41, 5.74) is 1.71. The van der Waals surface area contributed by atoms with Crippen molar-refractivity contribution >= 4 is 40.3 Å². The SMILES string of the molecule is CC1c2c(ccc(OCC(O)c3ccc(Cl)cc3F)c2I)CCN1C(=O)OC(C)(C)C. The number of hydrogen-bond acceptors (Lipinski definition) is 4. The Morgan fingerprint density at radius 1 is 1.35 bits per heavy atom. The van der Waals surface area contributed by atoms with Gasteiger partial charge in [0.2, 0.25) is 0 Å². The van der Waals surface area contributed by atoms with Crippen LogP contribution in [0.4, 0.5) is 9.18 Å². The van der Waals surface area contributed by atoms with E-state index in [1.807, 2.05) is 39.8 Å². The number of aliphatic hydroxyl groups is 1. The molecule has 31 heavy (non-hydrogen) atoms. The molecule has 1 amide bonds. The molecule has 0 saturated carbocycles. The number of carbonyl (C=O) groups is 1. The van der Waals surface area contributed by atoms with Crippen molar-refractivity contribution in [2.24, 2.45) is 0 Å². The summed E-state index contributed by atoms with van der Waals surface area (Å²) in [5.74, 6) is -0.00368. The van der Waals surface area contributed by atoms with Gasteiger partial charge in [-0.05, 0) is 86.0 Å². The Kier molecular flexibility index (Phi) is 7.38. The maximum absolute atomic E-state index is 14.1. The molecule has 0 fully saturated rings. The Labute approximate surface area is 200 Å². The Bertz CT molecular complexity index is 979. The van der Waals surface area contributed by atoms with Crippen molar-refractivity contribution in [1.82, 2.24) is 4.90 Å². The van der Waals surface area contributed by atoms with Gasteiger partial charge in [-0.1, -0.05) is 23.7 Å². The van der Waals surface area contributed by atoms with E-state index in [4.69, 9.17) is 21.1 Å². The molecular weight excluding hydrogens is 536 g/mol. The van der Waals surface area contributed by atoms with Crippen LogP contribution in [0.5, 0.6) is 5.75 Å². The largest absolute Gasteiger partial charge is 0.489 e.